The molecule has 4 nitrogen and oxygen atoms in total. The molecule has 1 fully saturated rings. The zero-order valence-electron chi connectivity index (χ0n) is 12.6. The van der Waals surface area contributed by atoms with Crippen molar-refractivity contribution in [2.75, 3.05) is 20.2 Å². The fourth-order valence-corrected chi connectivity index (χ4v) is 4.16. The highest BCUT2D eigenvalue weighted by molar-refractivity contribution is 8.00. The zero-order chi connectivity index (χ0) is 15.4. The van der Waals surface area contributed by atoms with Crippen LogP contribution in [0.2, 0.25) is 0 Å². The molecule has 0 radical (unpaired) electrons. The molecule has 1 saturated heterocycles. The summed E-state index contributed by atoms with van der Waals surface area (Å²) in [6.45, 7) is 6.03. The van der Waals surface area contributed by atoms with Gasteiger partial charge in [-0.25, -0.2) is 4.79 Å². The number of carbonyl (C=O) groups is 1. The Morgan fingerprint density at radius 3 is 2.67 bits per heavy atom. The molecule has 0 spiro atoms. The second-order valence-corrected chi connectivity index (χ2v) is 7.26. The molecule has 21 heavy (non-hydrogen) atoms. The first-order valence-electron chi connectivity index (χ1n) is 7.02. The number of hydrogen-bond acceptors (Lipinski definition) is 5. The highest BCUT2D eigenvalue weighted by atomic mass is 32.2. The highest BCUT2D eigenvalue weighted by Crippen LogP contribution is 2.32. The van der Waals surface area contributed by atoms with Crippen molar-refractivity contribution in [1.82, 2.24) is 4.90 Å². The number of methoxy groups -OCH3 is 1. The maximum atomic E-state index is 12.3. The first-order chi connectivity index (χ1) is 10.0. The van der Waals surface area contributed by atoms with Gasteiger partial charge in [-0.15, -0.1) is 0 Å². The minimum Gasteiger partial charge on any atom is -0.468 e. The van der Waals surface area contributed by atoms with Crippen LogP contribution in [0, 0.1) is 11.3 Å². The second kappa shape index (κ2) is 6.97. The Morgan fingerprint density at radius 1 is 1.43 bits per heavy atom. The molecule has 3 atom stereocenters. The fourth-order valence-electron chi connectivity index (χ4n) is 2.81. The van der Waals surface area contributed by atoms with E-state index in [0.717, 1.165) is 18.7 Å². The summed E-state index contributed by atoms with van der Waals surface area (Å²) in [7, 11) is 1.41. The van der Waals surface area contributed by atoms with Gasteiger partial charge in [0.25, 0.3) is 0 Å². The number of ether oxygens (including phenoxy) is 1. The molecule has 1 aliphatic heterocycles. The van der Waals surface area contributed by atoms with Crippen LogP contribution in [-0.2, 0) is 9.53 Å². The van der Waals surface area contributed by atoms with Gasteiger partial charge >= 0.3 is 5.97 Å². The molecular formula is C16H20N2O2S. The molecule has 1 aromatic carbocycles. The number of carbonyl (C=O) groups excluding carboxylic acids is 1. The van der Waals surface area contributed by atoms with E-state index in [4.69, 9.17) is 10.00 Å². The van der Waals surface area contributed by atoms with E-state index >= 15 is 0 Å². The van der Waals surface area contributed by atoms with Gasteiger partial charge in [-0.2, -0.15) is 17.0 Å². The topological polar surface area (TPSA) is 53.3 Å². The molecule has 0 aromatic heterocycles. The number of benzene rings is 1. The Kier molecular flexibility index (Phi) is 5.27. The third-order valence-electron chi connectivity index (χ3n) is 3.57. The van der Waals surface area contributed by atoms with E-state index in [-0.39, 0.29) is 5.97 Å². The Balaban J connectivity index is 2.34. The summed E-state index contributed by atoms with van der Waals surface area (Å²) in [4.78, 5) is 14.4. The van der Waals surface area contributed by atoms with Gasteiger partial charge in [0.2, 0.25) is 0 Å². The van der Waals surface area contributed by atoms with Gasteiger partial charge in [-0.3, -0.25) is 4.90 Å². The summed E-state index contributed by atoms with van der Waals surface area (Å²) >= 11 is 1.94. The minimum atomic E-state index is -0.436. The van der Waals surface area contributed by atoms with Crippen LogP contribution >= 0.6 is 11.8 Å². The largest absolute Gasteiger partial charge is 0.468 e. The number of thioether (sulfide) groups is 1. The molecule has 112 valence electrons. The van der Waals surface area contributed by atoms with Crippen molar-refractivity contribution in [2.24, 2.45) is 0 Å². The highest BCUT2D eigenvalue weighted by Gasteiger charge is 2.33. The lowest BCUT2D eigenvalue weighted by molar-refractivity contribution is -0.147. The third-order valence-corrected chi connectivity index (χ3v) is 4.80. The molecule has 0 N–H and O–H groups in total. The Labute approximate surface area is 130 Å². The first-order valence-corrected chi connectivity index (χ1v) is 7.96. The molecule has 0 amide bonds. The van der Waals surface area contributed by atoms with Gasteiger partial charge in [0, 0.05) is 23.6 Å². The van der Waals surface area contributed by atoms with Crippen molar-refractivity contribution in [1.29, 1.82) is 5.26 Å². The monoisotopic (exact) mass is 304 g/mol. The van der Waals surface area contributed by atoms with Crippen LogP contribution in [0.15, 0.2) is 24.3 Å². The van der Waals surface area contributed by atoms with Crippen LogP contribution in [0.1, 0.15) is 31.0 Å². The summed E-state index contributed by atoms with van der Waals surface area (Å²) in [6, 6.07) is 8.91. The van der Waals surface area contributed by atoms with E-state index < -0.39 is 6.04 Å². The molecule has 1 heterocycles. The van der Waals surface area contributed by atoms with E-state index in [0.29, 0.717) is 16.1 Å². The van der Waals surface area contributed by atoms with Gasteiger partial charge in [0.05, 0.1) is 18.7 Å². The fraction of sp³-hybridized carbons (Fsp3) is 0.500. The molecule has 0 bridgehead atoms. The van der Waals surface area contributed by atoms with Gasteiger partial charge < -0.3 is 4.74 Å². The van der Waals surface area contributed by atoms with E-state index in [1.54, 1.807) is 12.1 Å². The lowest BCUT2D eigenvalue weighted by Gasteiger charge is -2.38. The maximum Gasteiger partial charge on any atom is 0.327 e. The lowest BCUT2D eigenvalue weighted by atomic mass is 10.0. The molecule has 1 aliphatic rings. The van der Waals surface area contributed by atoms with E-state index in [2.05, 4.69) is 24.8 Å². The maximum absolute atomic E-state index is 12.3. The van der Waals surface area contributed by atoms with Crippen LogP contribution in [-0.4, -0.2) is 41.6 Å². The summed E-state index contributed by atoms with van der Waals surface area (Å²) < 4.78 is 4.99. The average molecular weight is 304 g/mol. The number of hydrogen-bond donors (Lipinski definition) is 0. The van der Waals surface area contributed by atoms with Crippen molar-refractivity contribution >= 4 is 17.7 Å². The number of rotatable bonds is 3. The SMILES string of the molecule is COC(=O)[C@H](c1cccc(C#N)c1)N1C[C@@H](C)S[C@@H](C)C1. The quantitative estimate of drug-likeness (QED) is 0.803. The number of nitriles is 1. The predicted octanol–water partition coefficient (Wildman–Crippen LogP) is 2.60. The Bertz CT molecular complexity index is 545. The molecular weight excluding hydrogens is 284 g/mol. The summed E-state index contributed by atoms with van der Waals surface area (Å²) in [6.07, 6.45) is 0. The molecule has 0 unspecified atom stereocenters. The molecule has 5 heteroatoms. The van der Waals surface area contributed by atoms with E-state index in [9.17, 15) is 4.79 Å². The molecule has 0 aliphatic carbocycles. The normalized spacial score (nSPS) is 24.1. The van der Waals surface area contributed by atoms with Crippen LogP contribution in [0.4, 0.5) is 0 Å². The van der Waals surface area contributed by atoms with Crippen LogP contribution in [0.5, 0.6) is 0 Å². The van der Waals surface area contributed by atoms with Gasteiger partial charge in [-0.1, -0.05) is 26.0 Å². The minimum absolute atomic E-state index is 0.267. The van der Waals surface area contributed by atoms with Gasteiger partial charge in [-0.05, 0) is 17.7 Å². The average Bonchev–Trinajstić information content (AvgIpc) is 2.46. The smallest absolute Gasteiger partial charge is 0.327 e. The van der Waals surface area contributed by atoms with Crippen molar-refractivity contribution < 1.29 is 9.53 Å². The van der Waals surface area contributed by atoms with Crippen molar-refractivity contribution in [2.45, 2.75) is 30.4 Å². The summed E-state index contributed by atoms with van der Waals surface area (Å²) in [5.41, 5.74) is 1.39. The Morgan fingerprint density at radius 2 is 2.10 bits per heavy atom. The van der Waals surface area contributed by atoms with Crippen LogP contribution < -0.4 is 0 Å². The second-order valence-electron chi connectivity index (χ2n) is 5.37. The van der Waals surface area contributed by atoms with Gasteiger partial charge in [0.15, 0.2) is 0 Å². The summed E-state index contributed by atoms with van der Waals surface area (Å²) in [5.74, 6) is -0.267. The van der Waals surface area contributed by atoms with Crippen LogP contribution in [0.25, 0.3) is 0 Å². The Hall–Kier alpha value is -1.51. The van der Waals surface area contributed by atoms with Gasteiger partial charge in [0.1, 0.15) is 6.04 Å². The molecule has 2 rings (SSSR count). The van der Waals surface area contributed by atoms with Crippen LogP contribution in [0.3, 0.4) is 0 Å². The number of nitrogens with zero attached hydrogens (tertiary/aromatic N) is 2. The third kappa shape index (κ3) is 3.78. The summed E-state index contributed by atoms with van der Waals surface area (Å²) in [5, 5.41) is 10.00. The first kappa shape index (κ1) is 15.9. The molecule has 1 aromatic rings. The zero-order valence-corrected chi connectivity index (χ0v) is 13.4. The predicted molar refractivity (Wildman–Crippen MR) is 84.0 cm³/mol. The number of esters is 1. The lowest BCUT2D eigenvalue weighted by Crippen LogP contribution is -2.45. The van der Waals surface area contributed by atoms with E-state index in [1.807, 2.05) is 23.9 Å². The standard InChI is InChI=1S/C16H20N2O2S/c1-11-9-18(10-12(2)21-11)15(16(19)20-3)14-6-4-5-13(7-14)8-17/h4-7,11-12,15H,9-10H2,1-3H3/t11-,12+,15-/m0/s1. The van der Waals surface area contributed by atoms with E-state index in [1.165, 1.54) is 7.11 Å². The van der Waals surface area contributed by atoms with Crippen molar-refractivity contribution in [3.05, 3.63) is 35.4 Å². The van der Waals surface area contributed by atoms with Crippen molar-refractivity contribution in [3.8, 4) is 6.07 Å². The molecule has 0 saturated carbocycles. The van der Waals surface area contributed by atoms with Crippen molar-refractivity contribution in [3.63, 3.8) is 0 Å².